The van der Waals surface area contributed by atoms with Gasteiger partial charge >= 0.3 is 0 Å². The van der Waals surface area contributed by atoms with Gasteiger partial charge in [0.15, 0.2) is 0 Å². The number of rotatable bonds is 6. The van der Waals surface area contributed by atoms with E-state index < -0.39 is 0 Å². The van der Waals surface area contributed by atoms with E-state index in [1.54, 1.807) is 0 Å². The Labute approximate surface area is 330 Å². The molecule has 5 aromatic carbocycles. The van der Waals surface area contributed by atoms with Crippen molar-refractivity contribution in [2.45, 2.75) is 43.7 Å². The summed E-state index contributed by atoms with van der Waals surface area (Å²) in [5.74, 6) is 1.70. The highest BCUT2D eigenvalue weighted by Gasteiger charge is 2.50. The van der Waals surface area contributed by atoms with Crippen molar-refractivity contribution in [2.75, 3.05) is 0 Å². The summed E-state index contributed by atoms with van der Waals surface area (Å²) >= 11 is 0. The van der Waals surface area contributed by atoms with E-state index >= 15 is 0 Å². The van der Waals surface area contributed by atoms with Gasteiger partial charge in [-0.2, -0.15) is 0 Å². The monoisotopic (exact) mass is 722 g/mol. The van der Waals surface area contributed by atoms with E-state index in [0.717, 1.165) is 19.3 Å². The van der Waals surface area contributed by atoms with Gasteiger partial charge in [0.2, 0.25) is 0 Å². The Bertz CT molecular complexity index is 2660. The van der Waals surface area contributed by atoms with Gasteiger partial charge in [-0.15, -0.1) is 0 Å². The molecular formula is C54H46N2. The fraction of sp³-hybridized carbons (Fsp3) is 0.185. The maximum atomic E-state index is 2.92. The molecule has 6 aromatic rings. The largest absolute Gasteiger partial charge is 0.363 e. The molecule has 272 valence electrons. The van der Waals surface area contributed by atoms with Gasteiger partial charge in [-0.25, -0.2) is 0 Å². The minimum absolute atomic E-state index is 0.276. The Hall–Kier alpha value is -6.12. The van der Waals surface area contributed by atoms with E-state index in [1.807, 2.05) is 0 Å². The zero-order valence-corrected chi connectivity index (χ0v) is 31.7. The van der Waals surface area contributed by atoms with Crippen LogP contribution in [0.5, 0.6) is 0 Å². The molecule has 1 fully saturated rings. The number of allylic oxidation sites excluding steroid dienone is 11. The number of para-hydroxylation sites is 1. The summed E-state index contributed by atoms with van der Waals surface area (Å²) in [6, 6.07) is 47.9. The molecule has 0 N–H and O–H groups in total. The van der Waals surface area contributed by atoms with Gasteiger partial charge in [0.1, 0.15) is 0 Å². The van der Waals surface area contributed by atoms with Crippen molar-refractivity contribution < 1.29 is 0 Å². The van der Waals surface area contributed by atoms with Crippen LogP contribution in [0.3, 0.4) is 0 Å². The number of fused-ring (bicyclic) bond motifs is 6. The molecule has 0 bridgehead atoms. The highest BCUT2D eigenvalue weighted by molar-refractivity contribution is 6.10. The van der Waals surface area contributed by atoms with Gasteiger partial charge in [0.25, 0.3) is 0 Å². The second-order valence-electron chi connectivity index (χ2n) is 16.3. The maximum absolute atomic E-state index is 2.92. The summed E-state index contributed by atoms with van der Waals surface area (Å²) in [5.41, 5.74) is 13.3. The SMILES string of the molecule is C1=CCC(C2=CC(c3ccccc3)CC(N3C4CCC=CC4C4C=CC=C(c5ccc6c(c5)c5ccccc5n6-c5ccc(-c6ccccc6)cc5)C43)=C2)C=C1. The van der Waals surface area contributed by atoms with Crippen LogP contribution in [0.1, 0.15) is 42.7 Å². The minimum Gasteiger partial charge on any atom is -0.363 e. The fourth-order valence-electron chi connectivity index (χ4n) is 10.6. The van der Waals surface area contributed by atoms with Crippen LogP contribution >= 0.6 is 0 Å². The Morgan fingerprint density at radius 3 is 2.18 bits per heavy atom. The van der Waals surface area contributed by atoms with Crippen molar-refractivity contribution >= 4 is 27.4 Å². The summed E-state index contributed by atoms with van der Waals surface area (Å²) in [7, 11) is 0. The average Bonchev–Trinajstić information content (AvgIpc) is 3.80. The summed E-state index contributed by atoms with van der Waals surface area (Å²) in [5, 5.41) is 2.60. The van der Waals surface area contributed by atoms with E-state index in [-0.39, 0.29) is 6.04 Å². The molecule has 0 radical (unpaired) electrons. The minimum atomic E-state index is 0.276. The van der Waals surface area contributed by atoms with Crippen LogP contribution in [-0.2, 0) is 0 Å². The second kappa shape index (κ2) is 13.9. The molecule has 1 aliphatic heterocycles. The third-order valence-electron chi connectivity index (χ3n) is 13.2. The molecule has 56 heavy (non-hydrogen) atoms. The van der Waals surface area contributed by atoms with Gasteiger partial charge in [0, 0.05) is 51.9 Å². The predicted molar refractivity (Wildman–Crippen MR) is 234 cm³/mol. The maximum Gasteiger partial charge on any atom is 0.0617 e. The lowest BCUT2D eigenvalue weighted by molar-refractivity contribution is 0.243. The van der Waals surface area contributed by atoms with Crippen molar-refractivity contribution in [3.8, 4) is 16.8 Å². The zero-order chi connectivity index (χ0) is 37.0. The van der Waals surface area contributed by atoms with Crippen LogP contribution in [0.4, 0.5) is 0 Å². The first kappa shape index (κ1) is 33.2. The molecule has 0 spiro atoms. The van der Waals surface area contributed by atoms with Crippen LogP contribution in [0.15, 0.2) is 206 Å². The number of nitrogens with zero attached hydrogens (tertiary/aromatic N) is 2. The normalized spacial score (nSPS) is 25.2. The van der Waals surface area contributed by atoms with Gasteiger partial charge in [-0.3, -0.25) is 0 Å². The number of likely N-dealkylation sites (tertiary alicyclic amines) is 1. The zero-order valence-electron chi connectivity index (χ0n) is 31.7. The molecular weight excluding hydrogens is 677 g/mol. The molecule has 2 heterocycles. The van der Waals surface area contributed by atoms with Gasteiger partial charge in [-0.1, -0.05) is 158 Å². The quantitative estimate of drug-likeness (QED) is 0.155. The summed E-state index contributed by atoms with van der Waals surface area (Å²) < 4.78 is 2.45. The highest BCUT2D eigenvalue weighted by Crippen LogP contribution is 2.52. The van der Waals surface area contributed by atoms with E-state index in [9.17, 15) is 0 Å². The van der Waals surface area contributed by atoms with E-state index in [4.69, 9.17) is 0 Å². The van der Waals surface area contributed by atoms with E-state index in [1.165, 1.54) is 73.0 Å². The smallest absolute Gasteiger partial charge is 0.0617 e. The first-order valence-corrected chi connectivity index (χ1v) is 20.6. The molecule has 5 aliphatic rings. The number of aromatic nitrogens is 1. The van der Waals surface area contributed by atoms with Crippen LogP contribution in [0.25, 0.3) is 44.2 Å². The lowest BCUT2D eigenvalue weighted by Crippen LogP contribution is -2.40. The van der Waals surface area contributed by atoms with Crippen molar-refractivity contribution in [3.05, 3.63) is 217 Å². The molecule has 1 aromatic heterocycles. The Morgan fingerprint density at radius 2 is 1.34 bits per heavy atom. The number of hydrogen-bond donors (Lipinski definition) is 0. The molecule has 4 aliphatic carbocycles. The number of benzene rings is 5. The fourth-order valence-corrected chi connectivity index (χ4v) is 10.6. The Morgan fingerprint density at radius 1 is 0.571 bits per heavy atom. The lowest BCUT2D eigenvalue weighted by Gasteiger charge is -2.41. The van der Waals surface area contributed by atoms with Crippen molar-refractivity contribution in [3.63, 3.8) is 0 Å². The predicted octanol–water partition coefficient (Wildman–Crippen LogP) is 13.2. The van der Waals surface area contributed by atoms with E-state index in [0.29, 0.717) is 29.7 Å². The number of hydrogen-bond acceptors (Lipinski definition) is 1. The molecule has 6 atom stereocenters. The van der Waals surface area contributed by atoms with Gasteiger partial charge in [-0.05, 0) is 95.5 Å². The molecule has 6 unspecified atom stereocenters. The van der Waals surface area contributed by atoms with E-state index in [2.05, 4.69) is 204 Å². The lowest BCUT2D eigenvalue weighted by atomic mass is 9.77. The summed E-state index contributed by atoms with van der Waals surface area (Å²) in [6.45, 7) is 0. The molecule has 2 nitrogen and oxygen atoms in total. The van der Waals surface area contributed by atoms with Crippen LogP contribution < -0.4 is 0 Å². The Kier molecular flexibility index (Phi) is 8.23. The molecule has 0 amide bonds. The second-order valence-corrected chi connectivity index (χ2v) is 16.3. The van der Waals surface area contributed by atoms with Crippen molar-refractivity contribution in [1.29, 1.82) is 0 Å². The molecule has 0 saturated carbocycles. The highest BCUT2D eigenvalue weighted by atomic mass is 15.2. The van der Waals surface area contributed by atoms with Crippen molar-refractivity contribution in [1.82, 2.24) is 9.47 Å². The average molecular weight is 723 g/mol. The summed E-state index contributed by atoms with van der Waals surface area (Å²) in [4.78, 5) is 2.92. The standard InChI is InChI=1S/C54H46N2/c1-4-15-37(16-5-1)40-27-30-44(31-28-40)55-51-25-12-11-22-48(51)50-36-41(29-32-53(50)55)46-23-14-24-49-47-21-10-13-26-52(47)56(54(46)49)45-34-42(38-17-6-2-7-18-38)33-43(35-45)39-19-8-3-9-20-39/h1-12,14-19,21-25,27-33,35-36,39,42,47,49,52,54H,13,20,26,34H2. The first-order valence-electron chi connectivity index (χ1n) is 20.6. The van der Waals surface area contributed by atoms with Gasteiger partial charge < -0.3 is 9.47 Å². The molecule has 2 heteroatoms. The third-order valence-corrected chi connectivity index (χ3v) is 13.2. The van der Waals surface area contributed by atoms with Crippen LogP contribution in [0, 0.1) is 17.8 Å². The molecule has 11 rings (SSSR count). The molecule has 1 saturated heterocycles. The summed E-state index contributed by atoms with van der Waals surface area (Å²) in [6.07, 6.45) is 31.1. The third kappa shape index (κ3) is 5.62. The van der Waals surface area contributed by atoms with Crippen LogP contribution in [0.2, 0.25) is 0 Å². The first-order chi connectivity index (χ1) is 27.8. The van der Waals surface area contributed by atoms with Crippen LogP contribution in [-0.4, -0.2) is 21.6 Å². The topological polar surface area (TPSA) is 8.17 Å². The Balaban J connectivity index is 1.01. The van der Waals surface area contributed by atoms with Gasteiger partial charge in [0.05, 0.1) is 17.1 Å². The van der Waals surface area contributed by atoms with Crippen molar-refractivity contribution in [2.24, 2.45) is 17.8 Å².